The maximum absolute atomic E-state index is 12.1. The van der Waals surface area contributed by atoms with Crippen LogP contribution in [0.4, 0.5) is 10.5 Å². The van der Waals surface area contributed by atoms with Gasteiger partial charge in [-0.2, -0.15) is 0 Å². The van der Waals surface area contributed by atoms with Crippen LogP contribution in [0.3, 0.4) is 0 Å². The van der Waals surface area contributed by atoms with Gasteiger partial charge in [-0.3, -0.25) is 9.78 Å². The SMILES string of the molecule is Cl.Cl.O=C(NCc1ccncc1)Nc1cccc(CNC(=O)C2COCCN2)c1. The molecule has 0 bridgehead atoms. The fourth-order valence-electron chi connectivity index (χ4n) is 2.66. The van der Waals surface area contributed by atoms with Crippen molar-refractivity contribution in [3.63, 3.8) is 0 Å². The summed E-state index contributed by atoms with van der Waals surface area (Å²) in [5, 5.41) is 11.6. The molecule has 1 saturated heterocycles. The highest BCUT2D eigenvalue weighted by atomic mass is 35.5. The predicted molar refractivity (Wildman–Crippen MR) is 115 cm³/mol. The molecule has 0 aliphatic carbocycles. The van der Waals surface area contributed by atoms with Gasteiger partial charge in [0, 0.05) is 37.7 Å². The lowest BCUT2D eigenvalue weighted by Gasteiger charge is -2.22. The van der Waals surface area contributed by atoms with Crippen LogP contribution in [0.5, 0.6) is 0 Å². The zero-order valence-electron chi connectivity index (χ0n) is 15.7. The van der Waals surface area contributed by atoms with E-state index in [9.17, 15) is 9.59 Å². The predicted octanol–water partition coefficient (Wildman–Crippen LogP) is 1.85. The summed E-state index contributed by atoms with van der Waals surface area (Å²) in [4.78, 5) is 28.1. The summed E-state index contributed by atoms with van der Waals surface area (Å²) >= 11 is 0. The topological polar surface area (TPSA) is 104 Å². The molecule has 1 aliphatic heterocycles. The van der Waals surface area contributed by atoms with Gasteiger partial charge in [0.25, 0.3) is 0 Å². The van der Waals surface area contributed by atoms with Gasteiger partial charge in [-0.1, -0.05) is 12.1 Å². The second-order valence-electron chi connectivity index (χ2n) is 6.16. The molecule has 3 rings (SSSR count). The molecule has 29 heavy (non-hydrogen) atoms. The number of benzene rings is 1. The number of hydrogen-bond acceptors (Lipinski definition) is 5. The second-order valence-corrected chi connectivity index (χ2v) is 6.16. The number of nitrogens with one attached hydrogen (secondary N) is 4. The van der Waals surface area contributed by atoms with Crippen LogP contribution in [0, 0.1) is 0 Å². The molecule has 1 fully saturated rings. The van der Waals surface area contributed by atoms with E-state index in [4.69, 9.17) is 4.74 Å². The zero-order chi connectivity index (χ0) is 18.9. The van der Waals surface area contributed by atoms with E-state index in [1.165, 1.54) is 0 Å². The van der Waals surface area contributed by atoms with E-state index in [0.717, 1.165) is 11.1 Å². The molecule has 2 heterocycles. The van der Waals surface area contributed by atoms with Crippen LogP contribution < -0.4 is 21.3 Å². The van der Waals surface area contributed by atoms with Gasteiger partial charge in [-0.25, -0.2) is 4.79 Å². The number of anilines is 1. The van der Waals surface area contributed by atoms with Crippen molar-refractivity contribution in [1.29, 1.82) is 0 Å². The Morgan fingerprint density at radius 2 is 1.83 bits per heavy atom. The van der Waals surface area contributed by atoms with Crippen molar-refractivity contribution in [3.05, 3.63) is 59.9 Å². The number of aromatic nitrogens is 1. The lowest BCUT2D eigenvalue weighted by atomic mass is 10.2. The molecular formula is C19H25Cl2N5O3. The molecule has 158 valence electrons. The van der Waals surface area contributed by atoms with Gasteiger partial charge in [0.05, 0.1) is 13.2 Å². The standard InChI is InChI=1S/C19H23N5O3.2ClH/c25-18(17-13-27-9-8-21-17)22-12-15-2-1-3-16(10-15)24-19(26)23-11-14-4-6-20-7-5-14;;/h1-7,10,17,21H,8-9,11-13H2,(H,22,25)(H2,23,24,26);2*1H. The average Bonchev–Trinajstić information content (AvgIpc) is 2.72. The molecule has 1 aliphatic rings. The van der Waals surface area contributed by atoms with Crippen LogP contribution in [0.15, 0.2) is 48.8 Å². The summed E-state index contributed by atoms with van der Waals surface area (Å²) in [6, 6.07) is 10.4. The number of rotatable bonds is 6. The zero-order valence-corrected chi connectivity index (χ0v) is 17.4. The second kappa shape index (κ2) is 12.9. The average molecular weight is 442 g/mol. The molecule has 1 atom stereocenters. The molecule has 8 nitrogen and oxygen atoms in total. The van der Waals surface area contributed by atoms with Crippen LogP contribution in [-0.4, -0.2) is 42.7 Å². The molecule has 1 aromatic heterocycles. The summed E-state index contributed by atoms with van der Waals surface area (Å²) in [6.45, 7) is 2.48. The summed E-state index contributed by atoms with van der Waals surface area (Å²) < 4.78 is 5.29. The van der Waals surface area contributed by atoms with E-state index >= 15 is 0 Å². The van der Waals surface area contributed by atoms with E-state index in [1.54, 1.807) is 18.5 Å². The Balaban J connectivity index is 0.00000210. The first-order valence-electron chi connectivity index (χ1n) is 8.82. The summed E-state index contributed by atoms with van der Waals surface area (Å²) in [7, 11) is 0. The van der Waals surface area contributed by atoms with Crippen LogP contribution in [-0.2, 0) is 22.6 Å². The van der Waals surface area contributed by atoms with Gasteiger partial charge in [0.15, 0.2) is 0 Å². The molecule has 4 N–H and O–H groups in total. The first-order valence-corrected chi connectivity index (χ1v) is 8.82. The van der Waals surface area contributed by atoms with Crippen LogP contribution in [0.1, 0.15) is 11.1 Å². The third kappa shape index (κ3) is 8.25. The fourth-order valence-corrected chi connectivity index (χ4v) is 2.66. The summed E-state index contributed by atoms with van der Waals surface area (Å²) in [5.74, 6) is -0.0943. The molecule has 0 saturated carbocycles. The number of carbonyl (C=O) groups excluding carboxylic acids is 2. The summed E-state index contributed by atoms with van der Waals surface area (Å²) in [6.07, 6.45) is 3.36. The Bertz CT molecular complexity index is 773. The fraction of sp³-hybridized carbons (Fsp3) is 0.316. The molecule has 3 amide bonds. The maximum Gasteiger partial charge on any atom is 0.319 e. The largest absolute Gasteiger partial charge is 0.378 e. The molecule has 10 heteroatoms. The quantitative estimate of drug-likeness (QED) is 0.547. The molecule has 1 unspecified atom stereocenters. The highest BCUT2D eigenvalue weighted by Crippen LogP contribution is 2.10. The summed E-state index contributed by atoms with van der Waals surface area (Å²) in [5.41, 5.74) is 2.53. The van der Waals surface area contributed by atoms with Gasteiger partial charge in [-0.05, 0) is 35.4 Å². The minimum atomic E-state index is -0.320. The highest BCUT2D eigenvalue weighted by molar-refractivity contribution is 5.89. The van der Waals surface area contributed by atoms with Crippen molar-refractivity contribution in [2.75, 3.05) is 25.1 Å². The van der Waals surface area contributed by atoms with Gasteiger partial charge in [0.1, 0.15) is 6.04 Å². The Hall–Kier alpha value is -2.39. The van der Waals surface area contributed by atoms with Crippen LogP contribution in [0.25, 0.3) is 0 Å². The van der Waals surface area contributed by atoms with Crippen molar-refractivity contribution < 1.29 is 14.3 Å². The van der Waals surface area contributed by atoms with E-state index < -0.39 is 0 Å². The third-order valence-electron chi connectivity index (χ3n) is 4.09. The number of hydrogen-bond donors (Lipinski definition) is 4. The number of amides is 3. The van der Waals surface area contributed by atoms with E-state index in [-0.39, 0.29) is 42.8 Å². The molecule has 2 aromatic rings. The lowest BCUT2D eigenvalue weighted by molar-refractivity contribution is -0.126. The first kappa shape index (κ1) is 24.6. The van der Waals surface area contributed by atoms with Gasteiger partial charge in [-0.15, -0.1) is 24.8 Å². The number of urea groups is 1. The highest BCUT2D eigenvalue weighted by Gasteiger charge is 2.20. The first-order chi connectivity index (χ1) is 13.2. The number of ether oxygens (including phenoxy) is 1. The van der Waals surface area contributed by atoms with Gasteiger partial charge in [0.2, 0.25) is 5.91 Å². The van der Waals surface area contributed by atoms with Crippen LogP contribution in [0.2, 0.25) is 0 Å². The molecule has 0 radical (unpaired) electrons. The smallest absolute Gasteiger partial charge is 0.319 e. The number of nitrogens with zero attached hydrogens (tertiary/aromatic N) is 1. The Kier molecular flexibility index (Phi) is 11.0. The normalized spacial score (nSPS) is 15.2. The lowest BCUT2D eigenvalue weighted by Crippen LogP contribution is -2.51. The van der Waals surface area contributed by atoms with Crippen molar-refractivity contribution in [2.45, 2.75) is 19.1 Å². The van der Waals surface area contributed by atoms with Crippen molar-refractivity contribution in [3.8, 4) is 0 Å². The Morgan fingerprint density at radius 1 is 1.07 bits per heavy atom. The molecule has 1 aromatic carbocycles. The van der Waals surface area contributed by atoms with Crippen molar-refractivity contribution in [1.82, 2.24) is 20.9 Å². The maximum atomic E-state index is 12.1. The number of halogens is 2. The number of carbonyl (C=O) groups is 2. The van der Waals surface area contributed by atoms with Crippen LogP contribution >= 0.6 is 24.8 Å². The van der Waals surface area contributed by atoms with Gasteiger partial charge >= 0.3 is 6.03 Å². The van der Waals surface area contributed by atoms with E-state index in [1.807, 2.05) is 30.3 Å². The molecule has 0 spiro atoms. The monoisotopic (exact) mass is 441 g/mol. The number of pyridine rings is 1. The Morgan fingerprint density at radius 3 is 2.55 bits per heavy atom. The number of morpholine rings is 1. The van der Waals surface area contributed by atoms with Gasteiger partial charge < -0.3 is 26.0 Å². The van der Waals surface area contributed by atoms with E-state index in [0.29, 0.717) is 38.5 Å². The molecular weight excluding hydrogens is 417 g/mol. The third-order valence-corrected chi connectivity index (χ3v) is 4.09. The minimum absolute atomic E-state index is 0. The Labute approximate surface area is 182 Å². The minimum Gasteiger partial charge on any atom is -0.378 e. The van der Waals surface area contributed by atoms with Crippen molar-refractivity contribution in [2.24, 2.45) is 0 Å². The van der Waals surface area contributed by atoms with Crippen molar-refractivity contribution >= 4 is 42.4 Å². The van der Waals surface area contributed by atoms with E-state index in [2.05, 4.69) is 26.3 Å².